The Morgan fingerprint density at radius 2 is 1.97 bits per heavy atom. The standard InChI is InChI=1S/C26H31N3OS/c1-3-19(2)15-16-27-26(30)20-11-13-22-24(14-12-20)31-23-10-6-5-9-21(23)25(28-22)29-17-7-4-8-18-29/h3,5-6,9-14,20H,4,7-8,15-18H2,1-2H3,(H,27,30)/b19-3+. The highest BCUT2D eigenvalue weighted by Gasteiger charge is 2.24. The quantitative estimate of drug-likeness (QED) is 0.642. The highest BCUT2D eigenvalue weighted by Crippen LogP contribution is 2.38. The van der Waals surface area contributed by atoms with Crippen LogP contribution in [0.3, 0.4) is 0 Å². The Bertz CT molecular complexity index is 980. The molecule has 2 heterocycles. The van der Waals surface area contributed by atoms with E-state index in [0.717, 1.165) is 35.9 Å². The van der Waals surface area contributed by atoms with Crippen LogP contribution in [0.4, 0.5) is 0 Å². The van der Waals surface area contributed by atoms with E-state index < -0.39 is 0 Å². The molecule has 1 aromatic rings. The van der Waals surface area contributed by atoms with Crippen LogP contribution >= 0.6 is 11.8 Å². The Balaban J connectivity index is 1.57. The first-order valence-corrected chi connectivity index (χ1v) is 12.1. The van der Waals surface area contributed by atoms with Crippen molar-refractivity contribution in [2.24, 2.45) is 10.9 Å². The van der Waals surface area contributed by atoms with Crippen LogP contribution in [0.5, 0.6) is 0 Å². The van der Waals surface area contributed by atoms with Crippen LogP contribution in [-0.4, -0.2) is 36.3 Å². The second-order valence-corrected chi connectivity index (χ2v) is 9.33. The Kier molecular flexibility index (Phi) is 7.13. The first kappa shape index (κ1) is 21.7. The number of benzene rings is 1. The van der Waals surface area contributed by atoms with Crippen molar-refractivity contribution in [3.8, 4) is 0 Å². The molecule has 0 saturated carbocycles. The minimum Gasteiger partial charge on any atom is -0.356 e. The van der Waals surface area contributed by atoms with Crippen LogP contribution < -0.4 is 5.32 Å². The van der Waals surface area contributed by atoms with E-state index in [-0.39, 0.29) is 11.8 Å². The number of nitrogens with zero attached hydrogens (tertiary/aromatic N) is 2. The highest BCUT2D eigenvalue weighted by molar-refractivity contribution is 8.03. The third-order valence-electron chi connectivity index (χ3n) is 6.01. The van der Waals surface area contributed by atoms with Gasteiger partial charge >= 0.3 is 0 Å². The van der Waals surface area contributed by atoms with Crippen LogP contribution in [0.25, 0.3) is 0 Å². The fourth-order valence-corrected chi connectivity index (χ4v) is 5.01. The first-order valence-electron chi connectivity index (χ1n) is 11.3. The van der Waals surface area contributed by atoms with E-state index >= 15 is 0 Å². The number of aliphatic imine (C=N–C) groups is 1. The van der Waals surface area contributed by atoms with Gasteiger partial charge in [0.05, 0.1) is 11.6 Å². The molecule has 0 aromatic heterocycles. The van der Waals surface area contributed by atoms with Crippen LogP contribution in [0, 0.1) is 5.92 Å². The van der Waals surface area contributed by atoms with Gasteiger partial charge in [0.2, 0.25) is 5.91 Å². The zero-order chi connectivity index (χ0) is 21.6. The summed E-state index contributed by atoms with van der Waals surface area (Å²) in [6, 6.07) is 8.53. The van der Waals surface area contributed by atoms with Crippen molar-refractivity contribution in [2.75, 3.05) is 19.6 Å². The van der Waals surface area contributed by atoms with Crippen molar-refractivity contribution in [1.29, 1.82) is 0 Å². The molecular formula is C26H31N3OS. The second-order valence-electron chi connectivity index (χ2n) is 8.25. The summed E-state index contributed by atoms with van der Waals surface area (Å²) in [6.45, 7) is 6.89. The summed E-state index contributed by atoms with van der Waals surface area (Å²) >= 11 is 1.74. The number of piperidine rings is 1. The predicted octanol–water partition coefficient (Wildman–Crippen LogP) is 5.45. The second kappa shape index (κ2) is 10.2. The predicted molar refractivity (Wildman–Crippen MR) is 130 cm³/mol. The van der Waals surface area contributed by atoms with Gasteiger partial charge in [0.25, 0.3) is 0 Å². The molecule has 2 aliphatic heterocycles. The van der Waals surface area contributed by atoms with Crippen LogP contribution in [0.15, 0.2) is 80.7 Å². The average Bonchev–Trinajstić information content (AvgIpc) is 3.09. The summed E-state index contributed by atoms with van der Waals surface area (Å²) in [5.41, 5.74) is 3.44. The lowest BCUT2D eigenvalue weighted by Gasteiger charge is -2.30. The Labute approximate surface area is 189 Å². The van der Waals surface area contributed by atoms with E-state index in [2.05, 4.69) is 53.6 Å². The van der Waals surface area contributed by atoms with Gasteiger partial charge in [-0.1, -0.05) is 53.8 Å². The fraction of sp³-hybridized carbons (Fsp3) is 0.385. The molecule has 3 aliphatic rings. The maximum atomic E-state index is 12.7. The number of thioether (sulfide) groups is 1. The van der Waals surface area contributed by atoms with Gasteiger partial charge in [0.1, 0.15) is 5.84 Å². The molecule has 0 spiro atoms. The van der Waals surface area contributed by atoms with Gasteiger partial charge in [-0.3, -0.25) is 4.79 Å². The molecule has 1 saturated heterocycles. The number of amides is 1. The highest BCUT2D eigenvalue weighted by atomic mass is 32.2. The molecule has 1 atom stereocenters. The summed E-state index contributed by atoms with van der Waals surface area (Å²) in [4.78, 5) is 22.6. The summed E-state index contributed by atoms with van der Waals surface area (Å²) in [5, 5.41) is 3.06. The summed E-state index contributed by atoms with van der Waals surface area (Å²) in [6.07, 6.45) is 14.8. The summed E-state index contributed by atoms with van der Waals surface area (Å²) in [5.74, 6) is 0.831. The fourth-order valence-electron chi connectivity index (χ4n) is 4.00. The molecule has 1 amide bonds. The van der Waals surface area contributed by atoms with Crippen LogP contribution in [-0.2, 0) is 4.79 Å². The molecule has 1 unspecified atom stereocenters. The Hall–Kier alpha value is -2.53. The topological polar surface area (TPSA) is 44.7 Å². The normalized spacial score (nSPS) is 21.1. The van der Waals surface area contributed by atoms with E-state index in [1.54, 1.807) is 11.8 Å². The SMILES string of the molecule is C/C=C(\C)CCNC(=O)C1C=CC2=C(C=C1)Sc1ccccc1C(N1CCCCC1)=N2. The van der Waals surface area contributed by atoms with Crippen molar-refractivity contribution in [1.82, 2.24) is 10.2 Å². The van der Waals surface area contributed by atoms with Gasteiger partial charge in [-0.2, -0.15) is 0 Å². The third kappa shape index (κ3) is 5.21. The number of likely N-dealkylation sites (tertiary alicyclic amines) is 1. The third-order valence-corrected chi connectivity index (χ3v) is 7.15. The number of amidine groups is 1. The monoisotopic (exact) mass is 433 g/mol. The van der Waals surface area contributed by atoms with Gasteiger partial charge in [-0.25, -0.2) is 4.99 Å². The molecular weight excluding hydrogens is 402 g/mol. The molecule has 1 aliphatic carbocycles. The van der Waals surface area contributed by atoms with E-state index in [9.17, 15) is 4.79 Å². The molecule has 1 N–H and O–H groups in total. The molecule has 162 valence electrons. The van der Waals surface area contributed by atoms with Crippen LogP contribution in [0.1, 0.15) is 45.1 Å². The van der Waals surface area contributed by atoms with E-state index in [1.807, 2.05) is 25.2 Å². The molecule has 31 heavy (non-hydrogen) atoms. The van der Waals surface area contributed by atoms with Crippen LogP contribution in [0.2, 0.25) is 0 Å². The average molecular weight is 434 g/mol. The summed E-state index contributed by atoms with van der Waals surface area (Å²) in [7, 11) is 0. The Morgan fingerprint density at radius 1 is 1.19 bits per heavy atom. The van der Waals surface area contributed by atoms with E-state index in [0.29, 0.717) is 6.54 Å². The molecule has 1 aromatic carbocycles. The van der Waals surface area contributed by atoms with Gasteiger partial charge in [-0.05, 0) is 57.7 Å². The minimum absolute atomic E-state index is 0.0414. The molecule has 4 rings (SSSR count). The number of hydrogen-bond donors (Lipinski definition) is 1. The number of rotatable bonds is 4. The lowest BCUT2D eigenvalue weighted by atomic mass is 10.1. The van der Waals surface area contributed by atoms with E-state index in [4.69, 9.17) is 4.99 Å². The molecule has 4 nitrogen and oxygen atoms in total. The van der Waals surface area contributed by atoms with Crippen molar-refractivity contribution in [3.63, 3.8) is 0 Å². The zero-order valence-corrected chi connectivity index (χ0v) is 19.3. The maximum Gasteiger partial charge on any atom is 0.230 e. The first-order chi connectivity index (χ1) is 15.2. The molecule has 1 fully saturated rings. The number of nitrogens with one attached hydrogen (secondary N) is 1. The molecule has 0 bridgehead atoms. The zero-order valence-electron chi connectivity index (χ0n) is 18.4. The van der Waals surface area contributed by atoms with Crippen molar-refractivity contribution in [2.45, 2.75) is 44.4 Å². The number of carbonyl (C=O) groups is 1. The number of allylic oxidation sites excluding steroid dienone is 3. The molecule has 5 heteroatoms. The van der Waals surface area contributed by atoms with Gasteiger partial charge in [0.15, 0.2) is 0 Å². The molecule has 0 radical (unpaired) electrons. The van der Waals surface area contributed by atoms with Gasteiger partial charge in [-0.15, -0.1) is 0 Å². The maximum absolute atomic E-state index is 12.7. The van der Waals surface area contributed by atoms with Gasteiger partial charge < -0.3 is 10.2 Å². The summed E-state index contributed by atoms with van der Waals surface area (Å²) < 4.78 is 0. The largest absolute Gasteiger partial charge is 0.356 e. The number of fused-ring (bicyclic) bond motifs is 1. The van der Waals surface area contributed by atoms with Crippen molar-refractivity contribution >= 4 is 23.5 Å². The smallest absolute Gasteiger partial charge is 0.230 e. The minimum atomic E-state index is -0.276. The Morgan fingerprint density at radius 3 is 2.77 bits per heavy atom. The number of carbonyl (C=O) groups excluding carboxylic acids is 1. The van der Waals surface area contributed by atoms with Crippen molar-refractivity contribution in [3.05, 3.63) is 76.4 Å². The lowest BCUT2D eigenvalue weighted by Crippen LogP contribution is -2.36. The number of hydrogen-bond acceptors (Lipinski definition) is 4. The van der Waals surface area contributed by atoms with Crippen molar-refractivity contribution < 1.29 is 4.79 Å². The van der Waals surface area contributed by atoms with Gasteiger partial charge in [0, 0.05) is 35.0 Å². The van der Waals surface area contributed by atoms with E-state index in [1.165, 1.54) is 35.3 Å². The lowest BCUT2D eigenvalue weighted by molar-refractivity contribution is -0.122.